The maximum absolute atomic E-state index is 12.1. The molecule has 0 aliphatic carbocycles. The Balaban J connectivity index is 2.12. The van der Waals surface area contributed by atoms with Crippen LogP contribution in [0.5, 0.6) is 5.75 Å². The van der Waals surface area contributed by atoms with Gasteiger partial charge in [-0.05, 0) is 24.6 Å². The van der Waals surface area contributed by atoms with E-state index >= 15 is 0 Å². The van der Waals surface area contributed by atoms with E-state index in [0.29, 0.717) is 17.9 Å². The van der Waals surface area contributed by atoms with Crippen LogP contribution in [0.1, 0.15) is 17.1 Å². The number of aromatic nitrogens is 1. The van der Waals surface area contributed by atoms with Gasteiger partial charge in [-0.2, -0.15) is 0 Å². The molecule has 1 heterocycles. The van der Waals surface area contributed by atoms with Gasteiger partial charge in [0.2, 0.25) is 0 Å². The molecule has 1 aromatic heterocycles. The number of nitrogens with zero attached hydrogens (tertiary/aromatic N) is 1. The molecule has 6 heteroatoms. The number of benzene rings is 1. The molecule has 18 heavy (non-hydrogen) atoms. The van der Waals surface area contributed by atoms with Gasteiger partial charge in [-0.3, -0.25) is 0 Å². The van der Waals surface area contributed by atoms with Crippen molar-refractivity contribution in [3.63, 3.8) is 0 Å². The van der Waals surface area contributed by atoms with Crippen molar-refractivity contribution in [3.05, 3.63) is 47.7 Å². The zero-order valence-corrected chi connectivity index (χ0v) is 9.49. The summed E-state index contributed by atoms with van der Waals surface area (Å²) in [5, 5.41) is 0. The summed E-state index contributed by atoms with van der Waals surface area (Å²) in [6, 6.07) is 5.74. The van der Waals surface area contributed by atoms with Gasteiger partial charge in [-0.15, -0.1) is 13.2 Å². The van der Waals surface area contributed by atoms with Crippen molar-refractivity contribution in [1.29, 1.82) is 0 Å². The molecule has 3 nitrogen and oxygen atoms in total. The van der Waals surface area contributed by atoms with E-state index in [1.807, 2.05) is 0 Å². The molecule has 0 spiro atoms. The molecule has 2 rings (SSSR count). The minimum atomic E-state index is -4.68. The number of hydrogen-bond acceptors (Lipinski definition) is 3. The summed E-state index contributed by atoms with van der Waals surface area (Å²) in [4.78, 5) is 4.08. The Morgan fingerprint density at radius 3 is 2.72 bits per heavy atom. The Bertz CT molecular complexity index is 534. The lowest BCUT2D eigenvalue weighted by Gasteiger charge is -2.09. The maximum atomic E-state index is 12.1. The van der Waals surface area contributed by atoms with Crippen molar-refractivity contribution in [3.8, 4) is 5.75 Å². The second kappa shape index (κ2) is 4.72. The van der Waals surface area contributed by atoms with E-state index in [0.717, 1.165) is 5.69 Å². The van der Waals surface area contributed by atoms with Crippen molar-refractivity contribution in [2.24, 2.45) is 0 Å². The molecule has 0 amide bonds. The second-order valence-electron chi connectivity index (χ2n) is 3.75. The predicted molar refractivity (Wildman–Crippen MR) is 57.2 cm³/mol. The van der Waals surface area contributed by atoms with Gasteiger partial charge in [-0.25, -0.2) is 4.98 Å². The van der Waals surface area contributed by atoms with E-state index in [-0.39, 0.29) is 5.75 Å². The van der Waals surface area contributed by atoms with Crippen LogP contribution in [-0.2, 0) is 6.42 Å². The van der Waals surface area contributed by atoms with Gasteiger partial charge >= 0.3 is 6.36 Å². The first-order chi connectivity index (χ1) is 8.42. The van der Waals surface area contributed by atoms with Crippen LogP contribution < -0.4 is 4.74 Å². The van der Waals surface area contributed by atoms with Gasteiger partial charge in [-0.1, -0.05) is 12.1 Å². The predicted octanol–water partition coefficient (Wildman–Crippen LogP) is 3.47. The van der Waals surface area contributed by atoms with E-state index in [1.54, 1.807) is 13.0 Å². The normalized spacial score (nSPS) is 11.6. The Kier molecular flexibility index (Phi) is 3.27. The highest BCUT2D eigenvalue weighted by Gasteiger charge is 2.31. The lowest BCUT2D eigenvalue weighted by Crippen LogP contribution is -2.17. The van der Waals surface area contributed by atoms with Crippen molar-refractivity contribution in [1.82, 2.24) is 4.98 Å². The molecule has 1 aromatic carbocycles. The third-order valence-electron chi connectivity index (χ3n) is 2.15. The molecule has 0 saturated heterocycles. The monoisotopic (exact) mass is 257 g/mol. The highest BCUT2D eigenvalue weighted by Crippen LogP contribution is 2.24. The van der Waals surface area contributed by atoms with Crippen molar-refractivity contribution in [2.75, 3.05) is 0 Å². The smallest absolute Gasteiger partial charge is 0.448 e. The number of halogens is 3. The standard InChI is InChI=1S/C12H10F3NO2/c1-8-7-17-11(16-8)6-9-3-2-4-10(5-9)18-12(13,14)15/h2-5,7H,6H2,1H3. The van der Waals surface area contributed by atoms with Gasteiger partial charge < -0.3 is 9.15 Å². The summed E-state index contributed by atoms with van der Waals surface area (Å²) in [5.74, 6) is 0.208. The van der Waals surface area contributed by atoms with Crippen LogP contribution in [0.25, 0.3) is 0 Å². The lowest BCUT2D eigenvalue weighted by atomic mass is 10.1. The van der Waals surface area contributed by atoms with Crippen LogP contribution in [0.15, 0.2) is 34.9 Å². The molecular formula is C12H10F3NO2. The molecule has 0 atom stereocenters. The molecule has 0 saturated carbocycles. The second-order valence-corrected chi connectivity index (χ2v) is 3.75. The lowest BCUT2D eigenvalue weighted by molar-refractivity contribution is -0.274. The SMILES string of the molecule is Cc1coc(Cc2cccc(OC(F)(F)F)c2)n1. The van der Waals surface area contributed by atoms with Gasteiger partial charge in [0, 0.05) is 6.42 Å². The Labute approximate surface area is 101 Å². The molecule has 0 aliphatic heterocycles. The van der Waals surface area contributed by atoms with Crippen molar-refractivity contribution < 1.29 is 22.3 Å². The first kappa shape index (κ1) is 12.5. The zero-order chi connectivity index (χ0) is 13.2. The number of hydrogen-bond donors (Lipinski definition) is 0. The summed E-state index contributed by atoms with van der Waals surface area (Å²) < 4.78 is 45.1. The van der Waals surface area contributed by atoms with E-state index in [9.17, 15) is 13.2 Å². The van der Waals surface area contributed by atoms with Gasteiger partial charge in [0.1, 0.15) is 12.0 Å². The summed E-state index contributed by atoms with van der Waals surface area (Å²) in [6.45, 7) is 1.77. The van der Waals surface area contributed by atoms with E-state index in [1.165, 1.54) is 24.5 Å². The molecule has 0 aliphatic rings. The summed E-state index contributed by atoms with van der Waals surface area (Å²) in [6.07, 6.45) is -2.87. The summed E-state index contributed by atoms with van der Waals surface area (Å²) >= 11 is 0. The number of aryl methyl sites for hydroxylation is 1. The quantitative estimate of drug-likeness (QED) is 0.844. The van der Waals surface area contributed by atoms with Crippen LogP contribution in [0, 0.1) is 6.92 Å². The number of alkyl halides is 3. The molecule has 96 valence electrons. The third kappa shape index (κ3) is 3.51. The van der Waals surface area contributed by atoms with Crippen LogP contribution in [0.3, 0.4) is 0 Å². The van der Waals surface area contributed by atoms with Crippen molar-refractivity contribution >= 4 is 0 Å². The van der Waals surface area contributed by atoms with Crippen molar-refractivity contribution in [2.45, 2.75) is 19.7 Å². The van der Waals surface area contributed by atoms with Gasteiger partial charge in [0.25, 0.3) is 0 Å². The number of oxazole rings is 1. The van der Waals surface area contributed by atoms with Crippen LogP contribution in [0.2, 0.25) is 0 Å². The molecule has 0 radical (unpaired) electrons. The number of rotatable bonds is 3. The molecule has 2 aromatic rings. The fraction of sp³-hybridized carbons (Fsp3) is 0.250. The highest BCUT2D eigenvalue weighted by atomic mass is 19.4. The van der Waals surface area contributed by atoms with Crippen LogP contribution in [-0.4, -0.2) is 11.3 Å². The fourth-order valence-corrected chi connectivity index (χ4v) is 1.51. The molecule has 0 unspecified atom stereocenters. The van der Waals surface area contributed by atoms with Gasteiger partial charge in [0.15, 0.2) is 5.89 Å². The summed E-state index contributed by atoms with van der Waals surface area (Å²) in [5.41, 5.74) is 1.37. The largest absolute Gasteiger partial charge is 0.573 e. The molecule has 0 fully saturated rings. The Hall–Kier alpha value is -1.98. The minimum Gasteiger partial charge on any atom is -0.448 e. The topological polar surface area (TPSA) is 35.3 Å². The average Bonchev–Trinajstić information content (AvgIpc) is 2.62. The Morgan fingerprint density at radius 2 is 2.11 bits per heavy atom. The fourth-order valence-electron chi connectivity index (χ4n) is 1.51. The third-order valence-corrected chi connectivity index (χ3v) is 2.15. The average molecular weight is 257 g/mol. The van der Waals surface area contributed by atoms with Crippen LogP contribution in [0.4, 0.5) is 13.2 Å². The molecule has 0 bridgehead atoms. The maximum Gasteiger partial charge on any atom is 0.573 e. The minimum absolute atomic E-state index is 0.247. The first-order valence-corrected chi connectivity index (χ1v) is 5.18. The molecule has 0 N–H and O–H groups in total. The zero-order valence-electron chi connectivity index (χ0n) is 9.49. The Morgan fingerprint density at radius 1 is 1.33 bits per heavy atom. The van der Waals surface area contributed by atoms with Crippen LogP contribution >= 0.6 is 0 Å². The first-order valence-electron chi connectivity index (χ1n) is 5.18. The van der Waals surface area contributed by atoms with Gasteiger partial charge in [0.05, 0.1) is 5.69 Å². The summed E-state index contributed by atoms with van der Waals surface area (Å²) in [7, 11) is 0. The number of ether oxygens (including phenoxy) is 1. The van der Waals surface area contributed by atoms with E-state index in [2.05, 4.69) is 9.72 Å². The molecular weight excluding hydrogens is 247 g/mol. The van der Waals surface area contributed by atoms with E-state index < -0.39 is 6.36 Å². The highest BCUT2D eigenvalue weighted by molar-refractivity contribution is 5.30. The van der Waals surface area contributed by atoms with E-state index in [4.69, 9.17) is 4.42 Å².